The van der Waals surface area contributed by atoms with E-state index in [1.807, 2.05) is 30.3 Å². The molecule has 8 heteroatoms. The van der Waals surface area contributed by atoms with Crippen LogP contribution in [0.1, 0.15) is 28.6 Å². The summed E-state index contributed by atoms with van der Waals surface area (Å²) >= 11 is 6.07. The van der Waals surface area contributed by atoms with E-state index in [2.05, 4.69) is 20.2 Å². The van der Waals surface area contributed by atoms with Crippen LogP contribution in [0.25, 0.3) is 0 Å². The van der Waals surface area contributed by atoms with Gasteiger partial charge >= 0.3 is 6.18 Å². The average Bonchev–Trinajstić information content (AvgIpc) is 3.03. The van der Waals surface area contributed by atoms with Crippen molar-refractivity contribution in [3.63, 3.8) is 0 Å². The summed E-state index contributed by atoms with van der Waals surface area (Å²) in [4.78, 5) is 8.03. The smallest absolute Gasteiger partial charge is 0.262 e. The second-order valence-corrected chi connectivity index (χ2v) is 5.21. The van der Waals surface area contributed by atoms with Gasteiger partial charge in [0, 0.05) is 6.20 Å². The zero-order valence-corrected chi connectivity index (χ0v) is 12.3. The van der Waals surface area contributed by atoms with Crippen molar-refractivity contribution in [2.75, 3.05) is 0 Å². The number of benzene rings is 1. The highest BCUT2D eigenvalue weighted by atomic mass is 35.5. The van der Waals surface area contributed by atoms with Gasteiger partial charge in [-0.05, 0) is 11.6 Å². The molecule has 1 N–H and O–H groups in total. The third-order valence-corrected chi connectivity index (χ3v) is 3.61. The maximum Gasteiger partial charge on any atom is 0.417 e. The number of nitrogens with zero attached hydrogens (tertiary/aromatic N) is 3. The molecule has 1 atom stereocenters. The second kappa shape index (κ2) is 6.00. The molecule has 0 aliphatic carbocycles. The van der Waals surface area contributed by atoms with Crippen LogP contribution in [-0.4, -0.2) is 20.2 Å². The van der Waals surface area contributed by atoms with E-state index in [9.17, 15) is 13.2 Å². The number of aromatic amines is 1. The highest BCUT2D eigenvalue weighted by molar-refractivity contribution is 6.31. The van der Waals surface area contributed by atoms with Gasteiger partial charge < -0.3 is 0 Å². The SMILES string of the molecule is FC(F)(F)c1cnc([C@@H](c2ccccc2)c2ncn[nH]2)c(Cl)c1. The third kappa shape index (κ3) is 3.19. The van der Waals surface area contributed by atoms with E-state index in [0.717, 1.165) is 17.8 Å². The summed E-state index contributed by atoms with van der Waals surface area (Å²) in [5.74, 6) is -0.0844. The van der Waals surface area contributed by atoms with Gasteiger partial charge in [-0.1, -0.05) is 41.9 Å². The predicted molar refractivity (Wildman–Crippen MR) is 78.0 cm³/mol. The quantitative estimate of drug-likeness (QED) is 0.783. The molecular weight excluding hydrogens is 329 g/mol. The Balaban J connectivity index is 2.12. The van der Waals surface area contributed by atoms with Crippen molar-refractivity contribution in [3.05, 3.63) is 76.6 Å². The van der Waals surface area contributed by atoms with Crippen LogP contribution >= 0.6 is 11.6 Å². The number of alkyl halides is 3. The first-order valence-corrected chi connectivity index (χ1v) is 6.97. The maximum absolute atomic E-state index is 12.8. The first-order valence-electron chi connectivity index (χ1n) is 6.59. The molecule has 1 aromatic carbocycles. The number of hydrogen-bond donors (Lipinski definition) is 1. The summed E-state index contributed by atoms with van der Waals surface area (Å²) in [5, 5.41) is 6.44. The largest absolute Gasteiger partial charge is 0.417 e. The van der Waals surface area contributed by atoms with Gasteiger partial charge in [0.05, 0.1) is 22.2 Å². The van der Waals surface area contributed by atoms with Gasteiger partial charge in [0.25, 0.3) is 0 Å². The molecule has 0 spiro atoms. The van der Waals surface area contributed by atoms with E-state index in [4.69, 9.17) is 11.6 Å². The van der Waals surface area contributed by atoms with Crippen molar-refractivity contribution in [1.82, 2.24) is 20.2 Å². The van der Waals surface area contributed by atoms with Gasteiger partial charge in [-0.15, -0.1) is 0 Å². The Morgan fingerprint density at radius 2 is 1.83 bits per heavy atom. The molecule has 0 fully saturated rings. The molecule has 3 rings (SSSR count). The van der Waals surface area contributed by atoms with E-state index in [0.29, 0.717) is 5.82 Å². The molecule has 0 aliphatic rings. The maximum atomic E-state index is 12.8. The summed E-state index contributed by atoms with van der Waals surface area (Å²) in [6.45, 7) is 0. The molecule has 23 heavy (non-hydrogen) atoms. The van der Waals surface area contributed by atoms with Gasteiger partial charge in [-0.3, -0.25) is 10.1 Å². The Labute approximate surface area is 134 Å². The molecule has 4 nitrogen and oxygen atoms in total. The minimum atomic E-state index is -4.50. The number of H-pyrrole nitrogens is 1. The lowest BCUT2D eigenvalue weighted by atomic mass is 9.94. The topological polar surface area (TPSA) is 54.5 Å². The van der Waals surface area contributed by atoms with Crippen molar-refractivity contribution < 1.29 is 13.2 Å². The first kappa shape index (κ1) is 15.5. The molecule has 2 heterocycles. The van der Waals surface area contributed by atoms with Crippen molar-refractivity contribution >= 4 is 11.6 Å². The zero-order chi connectivity index (χ0) is 16.4. The molecule has 0 unspecified atom stereocenters. The standard InChI is InChI=1S/C15H10ClF3N4/c16-11-6-10(15(17,18)19)7-20-13(11)12(14-21-8-22-23-14)9-4-2-1-3-5-9/h1-8,12H,(H,21,22,23)/t12-/m1/s1. The highest BCUT2D eigenvalue weighted by Crippen LogP contribution is 2.36. The fraction of sp³-hybridized carbons (Fsp3) is 0.133. The van der Waals surface area contributed by atoms with Crippen LogP contribution in [0.3, 0.4) is 0 Å². The number of rotatable bonds is 3. The van der Waals surface area contributed by atoms with Crippen LogP contribution in [0.15, 0.2) is 48.9 Å². The Morgan fingerprint density at radius 3 is 2.39 bits per heavy atom. The van der Waals surface area contributed by atoms with Crippen molar-refractivity contribution in [1.29, 1.82) is 0 Å². The minimum Gasteiger partial charge on any atom is -0.262 e. The summed E-state index contributed by atoms with van der Waals surface area (Å²) in [6, 6.07) is 9.98. The lowest BCUT2D eigenvalue weighted by Crippen LogP contribution is -2.11. The number of nitrogens with one attached hydrogen (secondary N) is 1. The van der Waals surface area contributed by atoms with Crippen molar-refractivity contribution in [3.8, 4) is 0 Å². The fourth-order valence-electron chi connectivity index (χ4n) is 2.26. The second-order valence-electron chi connectivity index (χ2n) is 4.80. The fourth-order valence-corrected chi connectivity index (χ4v) is 2.54. The lowest BCUT2D eigenvalue weighted by molar-refractivity contribution is -0.137. The highest BCUT2D eigenvalue weighted by Gasteiger charge is 2.33. The van der Waals surface area contributed by atoms with Gasteiger partial charge in [0.2, 0.25) is 0 Å². The van der Waals surface area contributed by atoms with E-state index in [1.54, 1.807) is 0 Å². The molecule has 0 radical (unpaired) electrons. The molecule has 0 saturated heterocycles. The minimum absolute atomic E-state index is 0.0786. The van der Waals surface area contributed by atoms with Gasteiger partial charge in [0.15, 0.2) is 0 Å². The first-order chi connectivity index (χ1) is 11.0. The predicted octanol–water partition coefficient (Wildman–Crippen LogP) is 4.05. The zero-order valence-electron chi connectivity index (χ0n) is 11.5. The normalized spacial score (nSPS) is 13.0. The van der Waals surface area contributed by atoms with Crippen LogP contribution < -0.4 is 0 Å². The van der Waals surface area contributed by atoms with Crippen LogP contribution in [0.4, 0.5) is 13.2 Å². The Kier molecular flexibility index (Phi) is 4.04. The number of pyridine rings is 1. The van der Waals surface area contributed by atoms with Crippen molar-refractivity contribution in [2.45, 2.75) is 12.1 Å². The molecule has 0 amide bonds. The van der Waals surface area contributed by atoms with Crippen LogP contribution in [0.5, 0.6) is 0 Å². The van der Waals surface area contributed by atoms with E-state index in [-0.39, 0.29) is 10.7 Å². The van der Waals surface area contributed by atoms with Crippen LogP contribution in [-0.2, 0) is 6.18 Å². The summed E-state index contributed by atoms with van der Waals surface area (Å²) in [6.07, 6.45) is -2.40. The van der Waals surface area contributed by atoms with Gasteiger partial charge in [-0.2, -0.15) is 18.3 Å². The third-order valence-electron chi connectivity index (χ3n) is 3.31. The molecule has 2 aromatic heterocycles. The Hall–Kier alpha value is -2.41. The number of aromatic nitrogens is 4. The Bertz CT molecular complexity index is 788. The lowest BCUT2D eigenvalue weighted by Gasteiger charge is -2.17. The number of halogens is 4. The van der Waals surface area contributed by atoms with E-state index in [1.165, 1.54) is 6.33 Å². The monoisotopic (exact) mass is 338 g/mol. The summed E-state index contributed by atoms with van der Waals surface area (Å²) in [7, 11) is 0. The molecule has 3 aromatic rings. The van der Waals surface area contributed by atoms with Gasteiger partial charge in [-0.25, -0.2) is 4.98 Å². The summed E-state index contributed by atoms with van der Waals surface area (Å²) in [5.41, 5.74) is 0.177. The molecule has 118 valence electrons. The Morgan fingerprint density at radius 1 is 1.09 bits per heavy atom. The van der Waals surface area contributed by atoms with Crippen molar-refractivity contribution in [2.24, 2.45) is 0 Å². The molecule has 0 aliphatic heterocycles. The van der Waals surface area contributed by atoms with Crippen LogP contribution in [0.2, 0.25) is 5.02 Å². The molecule has 0 saturated carbocycles. The van der Waals surface area contributed by atoms with Gasteiger partial charge in [0.1, 0.15) is 12.2 Å². The summed E-state index contributed by atoms with van der Waals surface area (Å²) < 4.78 is 38.3. The van der Waals surface area contributed by atoms with E-state index < -0.39 is 17.7 Å². The average molecular weight is 339 g/mol. The van der Waals surface area contributed by atoms with Crippen LogP contribution in [0, 0.1) is 0 Å². The number of hydrogen-bond acceptors (Lipinski definition) is 3. The van der Waals surface area contributed by atoms with E-state index >= 15 is 0 Å². The molecule has 0 bridgehead atoms. The molecular formula is C15H10ClF3N4.